The van der Waals surface area contributed by atoms with Crippen LogP contribution in [0.1, 0.15) is 12.8 Å². The molecule has 0 unspecified atom stereocenters. The fourth-order valence-electron chi connectivity index (χ4n) is 0.794. The van der Waals surface area contributed by atoms with E-state index in [9.17, 15) is 9.59 Å². The van der Waals surface area contributed by atoms with Crippen LogP contribution in [0.25, 0.3) is 0 Å². The van der Waals surface area contributed by atoms with Crippen LogP contribution in [0.15, 0.2) is 0 Å². The summed E-state index contributed by atoms with van der Waals surface area (Å²) in [7, 11) is 0. The van der Waals surface area contributed by atoms with Gasteiger partial charge in [-0.05, 0) is 12.8 Å². The molecule has 0 aliphatic rings. The number of hydrogen-bond acceptors (Lipinski definition) is 4. The van der Waals surface area contributed by atoms with E-state index in [1.807, 2.05) is 0 Å². The van der Waals surface area contributed by atoms with E-state index in [4.69, 9.17) is 17.3 Å². The third kappa shape index (κ3) is 7.34. The van der Waals surface area contributed by atoms with E-state index in [-0.39, 0.29) is 6.61 Å². The van der Waals surface area contributed by atoms with Crippen LogP contribution in [0.2, 0.25) is 0 Å². The molecule has 4 N–H and O–H groups in total. The summed E-state index contributed by atoms with van der Waals surface area (Å²) in [6.07, 6.45) is 5.02. The summed E-state index contributed by atoms with van der Waals surface area (Å²) in [5.74, 6) is 1.09. The SMILES string of the molecule is C#CCOC(=O)NCCC[C@H](N)C(=O)O. The first kappa shape index (κ1) is 13.3. The molecule has 1 atom stereocenters. The smallest absolute Gasteiger partial charge is 0.408 e. The molecular weight excluding hydrogens is 200 g/mol. The highest BCUT2D eigenvalue weighted by Crippen LogP contribution is 1.93. The topological polar surface area (TPSA) is 102 Å². The van der Waals surface area contributed by atoms with E-state index < -0.39 is 18.1 Å². The van der Waals surface area contributed by atoms with Gasteiger partial charge in [-0.15, -0.1) is 6.42 Å². The molecule has 0 aliphatic heterocycles. The minimum absolute atomic E-state index is 0.0829. The van der Waals surface area contributed by atoms with Gasteiger partial charge in [-0.3, -0.25) is 4.79 Å². The van der Waals surface area contributed by atoms with Gasteiger partial charge in [-0.25, -0.2) is 4.79 Å². The van der Waals surface area contributed by atoms with Gasteiger partial charge >= 0.3 is 12.1 Å². The molecule has 0 rings (SSSR count). The van der Waals surface area contributed by atoms with Gasteiger partial charge < -0.3 is 20.9 Å². The third-order valence-electron chi connectivity index (χ3n) is 1.57. The fourth-order valence-corrected chi connectivity index (χ4v) is 0.794. The number of carbonyl (C=O) groups excluding carboxylic acids is 1. The first-order chi connectivity index (χ1) is 7.07. The van der Waals surface area contributed by atoms with Crippen molar-refractivity contribution >= 4 is 12.1 Å². The normalized spacial score (nSPS) is 11.2. The lowest BCUT2D eigenvalue weighted by molar-refractivity contribution is -0.138. The molecule has 0 aromatic carbocycles. The largest absolute Gasteiger partial charge is 0.480 e. The third-order valence-corrected chi connectivity index (χ3v) is 1.57. The first-order valence-corrected chi connectivity index (χ1v) is 4.40. The molecule has 0 aromatic heterocycles. The Bertz CT molecular complexity index is 259. The fraction of sp³-hybridized carbons (Fsp3) is 0.556. The van der Waals surface area contributed by atoms with E-state index in [0.29, 0.717) is 19.4 Å². The molecule has 0 aromatic rings. The van der Waals surface area contributed by atoms with Crippen LogP contribution >= 0.6 is 0 Å². The number of rotatable bonds is 6. The van der Waals surface area contributed by atoms with Crippen LogP contribution in [-0.2, 0) is 9.53 Å². The maximum atomic E-state index is 10.8. The molecule has 0 radical (unpaired) electrons. The van der Waals surface area contributed by atoms with E-state index in [0.717, 1.165) is 0 Å². The highest BCUT2D eigenvalue weighted by molar-refractivity contribution is 5.73. The average molecular weight is 214 g/mol. The predicted octanol–water partition coefficient (Wildman–Crippen LogP) is -0.462. The second kappa shape index (κ2) is 7.64. The number of ether oxygens (including phenoxy) is 1. The van der Waals surface area contributed by atoms with Crippen molar-refractivity contribution in [2.45, 2.75) is 18.9 Å². The Morgan fingerprint density at radius 2 is 2.27 bits per heavy atom. The number of terminal acetylenes is 1. The van der Waals surface area contributed by atoms with Crippen LogP contribution in [0.4, 0.5) is 4.79 Å². The number of carboxylic acid groups (broad SMARTS) is 1. The van der Waals surface area contributed by atoms with E-state index in [1.165, 1.54) is 0 Å². The monoisotopic (exact) mass is 214 g/mol. The second-order valence-corrected chi connectivity index (χ2v) is 2.79. The number of alkyl carbamates (subject to hydrolysis) is 1. The Kier molecular flexibility index (Phi) is 6.76. The molecule has 6 nitrogen and oxygen atoms in total. The van der Waals surface area contributed by atoms with Gasteiger partial charge in [0.1, 0.15) is 6.04 Å². The number of nitrogens with one attached hydrogen (secondary N) is 1. The van der Waals surface area contributed by atoms with Crippen LogP contribution in [0.5, 0.6) is 0 Å². The molecule has 84 valence electrons. The Morgan fingerprint density at radius 3 is 2.80 bits per heavy atom. The molecule has 0 fully saturated rings. The maximum absolute atomic E-state index is 10.8. The van der Waals surface area contributed by atoms with Crippen molar-refractivity contribution in [1.82, 2.24) is 5.32 Å². The zero-order valence-corrected chi connectivity index (χ0v) is 8.23. The van der Waals surface area contributed by atoms with Crippen molar-refractivity contribution < 1.29 is 19.4 Å². The van der Waals surface area contributed by atoms with Crippen LogP contribution < -0.4 is 11.1 Å². The summed E-state index contributed by atoms with van der Waals surface area (Å²) < 4.78 is 4.51. The molecule has 0 heterocycles. The molecule has 0 saturated carbocycles. The average Bonchev–Trinajstić information content (AvgIpc) is 2.20. The summed E-state index contributed by atoms with van der Waals surface area (Å²) in [4.78, 5) is 21.1. The zero-order chi connectivity index (χ0) is 11.7. The summed E-state index contributed by atoms with van der Waals surface area (Å²) >= 11 is 0. The predicted molar refractivity (Wildman–Crippen MR) is 53.0 cm³/mol. The van der Waals surface area contributed by atoms with Crippen molar-refractivity contribution in [1.29, 1.82) is 0 Å². The molecule has 15 heavy (non-hydrogen) atoms. The first-order valence-electron chi connectivity index (χ1n) is 4.40. The van der Waals surface area contributed by atoms with Gasteiger partial charge in [-0.2, -0.15) is 0 Å². The number of hydrogen-bond donors (Lipinski definition) is 3. The van der Waals surface area contributed by atoms with E-state index >= 15 is 0 Å². The second-order valence-electron chi connectivity index (χ2n) is 2.79. The molecule has 0 spiro atoms. The quantitative estimate of drug-likeness (QED) is 0.410. The van der Waals surface area contributed by atoms with E-state index in [1.54, 1.807) is 0 Å². The number of carbonyl (C=O) groups is 2. The van der Waals surface area contributed by atoms with Crippen molar-refractivity contribution in [3.05, 3.63) is 0 Å². The summed E-state index contributed by atoms with van der Waals surface area (Å²) in [6.45, 7) is 0.227. The molecule has 0 saturated heterocycles. The minimum Gasteiger partial charge on any atom is -0.480 e. The highest BCUT2D eigenvalue weighted by atomic mass is 16.5. The van der Waals surface area contributed by atoms with Crippen molar-refractivity contribution in [2.24, 2.45) is 5.73 Å². The Labute approximate surface area is 87.8 Å². The van der Waals surface area contributed by atoms with Crippen molar-refractivity contribution in [3.8, 4) is 12.3 Å². The molecule has 1 amide bonds. The number of carboxylic acids is 1. The Balaban J connectivity index is 3.43. The van der Waals surface area contributed by atoms with Crippen LogP contribution in [0, 0.1) is 12.3 Å². The highest BCUT2D eigenvalue weighted by Gasteiger charge is 2.10. The number of aliphatic carboxylic acids is 1. The lowest BCUT2D eigenvalue weighted by Crippen LogP contribution is -2.32. The molecule has 0 aliphatic carbocycles. The van der Waals surface area contributed by atoms with Crippen molar-refractivity contribution in [2.75, 3.05) is 13.2 Å². The molecule has 0 bridgehead atoms. The summed E-state index contributed by atoms with van der Waals surface area (Å²) in [5.41, 5.74) is 5.24. The lowest BCUT2D eigenvalue weighted by atomic mass is 10.2. The van der Waals surface area contributed by atoms with Gasteiger partial charge in [0.2, 0.25) is 0 Å². The lowest BCUT2D eigenvalue weighted by Gasteiger charge is -2.06. The Hall–Kier alpha value is -1.74. The van der Waals surface area contributed by atoms with E-state index in [2.05, 4.69) is 16.0 Å². The van der Waals surface area contributed by atoms with Gasteiger partial charge in [0.15, 0.2) is 6.61 Å². The maximum Gasteiger partial charge on any atom is 0.408 e. The minimum atomic E-state index is -1.05. The molecular formula is C9H14N2O4. The van der Waals surface area contributed by atoms with Gasteiger partial charge in [0, 0.05) is 6.54 Å². The van der Waals surface area contributed by atoms with Gasteiger partial charge in [0.05, 0.1) is 0 Å². The molecule has 6 heteroatoms. The standard InChI is InChI=1S/C9H14N2O4/c1-2-6-15-9(14)11-5-3-4-7(10)8(12)13/h1,7H,3-6,10H2,(H,11,14)(H,12,13)/t7-/m0/s1. The Morgan fingerprint density at radius 1 is 1.60 bits per heavy atom. The zero-order valence-electron chi connectivity index (χ0n) is 8.23. The summed E-state index contributed by atoms with van der Waals surface area (Å²) in [5, 5.41) is 10.9. The van der Waals surface area contributed by atoms with Crippen LogP contribution in [0.3, 0.4) is 0 Å². The summed E-state index contributed by atoms with van der Waals surface area (Å²) in [6, 6.07) is -0.895. The van der Waals surface area contributed by atoms with Crippen molar-refractivity contribution in [3.63, 3.8) is 0 Å². The van der Waals surface area contributed by atoms with Gasteiger partial charge in [0.25, 0.3) is 0 Å². The number of nitrogens with two attached hydrogens (primary N) is 1. The van der Waals surface area contributed by atoms with Crippen LogP contribution in [-0.4, -0.2) is 36.4 Å². The number of amides is 1. The van der Waals surface area contributed by atoms with Gasteiger partial charge in [-0.1, -0.05) is 5.92 Å².